The van der Waals surface area contributed by atoms with Crippen LogP contribution in [-0.4, -0.2) is 65.8 Å². The van der Waals surface area contributed by atoms with E-state index < -0.39 is 18.0 Å². The van der Waals surface area contributed by atoms with Crippen LogP contribution in [0.4, 0.5) is 4.79 Å². The van der Waals surface area contributed by atoms with Gasteiger partial charge in [0.1, 0.15) is 12.6 Å². The van der Waals surface area contributed by atoms with E-state index in [1.165, 1.54) is 0 Å². The van der Waals surface area contributed by atoms with Gasteiger partial charge in [0.2, 0.25) is 5.91 Å². The summed E-state index contributed by atoms with van der Waals surface area (Å²) in [5.41, 5.74) is 0. The van der Waals surface area contributed by atoms with Crippen LogP contribution >= 0.6 is 0 Å². The van der Waals surface area contributed by atoms with E-state index >= 15 is 0 Å². The summed E-state index contributed by atoms with van der Waals surface area (Å²) < 4.78 is 5.32. The Hall–Kier alpha value is -1.83. The standard InChI is InChI=1S/C11H17N3O5/c1-6-7(2-3-19-6)13-11(18)14-5-9(15)12-4-8(14)10(16)17/h6-8H,2-5H2,1H3,(H,12,15)(H,13,18)(H,16,17). The fourth-order valence-electron chi connectivity index (χ4n) is 2.24. The Labute approximate surface area is 110 Å². The van der Waals surface area contributed by atoms with Gasteiger partial charge in [-0.2, -0.15) is 0 Å². The van der Waals surface area contributed by atoms with Gasteiger partial charge in [0.15, 0.2) is 0 Å². The zero-order valence-corrected chi connectivity index (χ0v) is 10.6. The van der Waals surface area contributed by atoms with Gasteiger partial charge >= 0.3 is 12.0 Å². The Balaban J connectivity index is 2.02. The molecule has 3 amide bonds. The van der Waals surface area contributed by atoms with Crippen LogP contribution in [0.3, 0.4) is 0 Å². The fraction of sp³-hybridized carbons (Fsp3) is 0.727. The molecule has 0 radical (unpaired) electrons. The zero-order chi connectivity index (χ0) is 14.0. The van der Waals surface area contributed by atoms with Crippen molar-refractivity contribution >= 4 is 17.9 Å². The van der Waals surface area contributed by atoms with E-state index in [1.807, 2.05) is 6.92 Å². The maximum atomic E-state index is 12.1. The average molecular weight is 271 g/mol. The second-order valence-electron chi connectivity index (χ2n) is 4.71. The molecule has 2 rings (SSSR count). The number of amides is 3. The summed E-state index contributed by atoms with van der Waals surface area (Å²) >= 11 is 0. The molecule has 8 nitrogen and oxygen atoms in total. The monoisotopic (exact) mass is 271 g/mol. The molecule has 3 N–H and O–H groups in total. The summed E-state index contributed by atoms with van der Waals surface area (Å²) in [4.78, 5) is 35.5. The molecule has 19 heavy (non-hydrogen) atoms. The number of urea groups is 1. The predicted octanol–water partition coefficient (Wildman–Crippen LogP) is -1.24. The number of aliphatic carboxylic acids is 1. The first-order valence-corrected chi connectivity index (χ1v) is 6.17. The van der Waals surface area contributed by atoms with Gasteiger partial charge in [-0.3, -0.25) is 9.69 Å². The molecule has 0 saturated carbocycles. The molecule has 2 fully saturated rings. The van der Waals surface area contributed by atoms with E-state index in [4.69, 9.17) is 9.84 Å². The topological polar surface area (TPSA) is 108 Å². The van der Waals surface area contributed by atoms with Crippen molar-refractivity contribution in [3.05, 3.63) is 0 Å². The Kier molecular flexibility index (Phi) is 3.89. The van der Waals surface area contributed by atoms with Gasteiger partial charge in [-0.15, -0.1) is 0 Å². The highest BCUT2D eigenvalue weighted by Crippen LogP contribution is 2.14. The molecular weight excluding hydrogens is 254 g/mol. The highest BCUT2D eigenvalue weighted by atomic mass is 16.5. The van der Waals surface area contributed by atoms with Gasteiger partial charge in [-0.05, 0) is 13.3 Å². The van der Waals surface area contributed by atoms with Gasteiger partial charge in [0.25, 0.3) is 0 Å². The van der Waals surface area contributed by atoms with Crippen molar-refractivity contribution in [1.82, 2.24) is 15.5 Å². The lowest BCUT2D eigenvalue weighted by molar-refractivity contribution is -0.144. The van der Waals surface area contributed by atoms with Crippen molar-refractivity contribution in [2.45, 2.75) is 31.5 Å². The van der Waals surface area contributed by atoms with Crippen LogP contribution in [0, 0.1) is 0 Å². The average Bonchev–Trinajstić information content (AvgIpc) is 2.74. The number of rotatable bonds is 2. The van der Waals surface area contributed by atoms with E-state index in [-0.39, 0.29) is 31.1 Å². The molecule has 0 aromatic rings. The van der Waals surface area contributed by atoms with Crippen LogP contribution in [0.5, 0.6) is 0 Å². The number of carboxylic acids is 1. The predicted molar refractivity (Wildman–Crippen MR) is 63.5 cm³/mol. The first-order chi connectivity index (χ1) is 8.99. The third-order valence-corrected chi connectivity index (χ3v) is 3.41. The molecule has 2 aliphatic rings. The molecule has 2 aliphatic heterocycles. The second-order valence-corrected chi connectivity index (χ2v) is 4.71. The number of carbonyl (C=O) groups excluding carboxylic acids is 2. The quantitative estimate of drug-likeness (QED) is 0.582. The van der Waals surface area contributed by atoms with Gasteiger partial charge in [0.05, 0.1) is 12.1 Å². The highest BCUT2D eigenvalue weighted by Gasteiger charge is 2.37. The molecule has 0 bridgehead atoms. The molecule has 3 unspecified atom stereocenters. The molecule has 0 aliphatic carbocycles. The van der Waals surface area contributed by atoms with Crippen LogP contribution in [0.1, 0.15) is 13.3 Å². The first-order valence-electron chi connectivity index (χ1n) is 6.17. The van der Waals surface area contributed by atoms with Gasteiger partial charge < -0.3 is 20.5 Å². The van der Waals surface area contributed by atoms with Crippen LogP contribution in [0.15, 0.2) is 0 Å². The molecule has 0 aromatic carbocycles. The number of ether oxygens (including phenoxy) is 1. The van der Waals surface area contributed by atoms with E-state index in [1.54, 1.807) is 0 Å². The van der Waals surface area contributed by atoms with Crippen molar-refractivity contribution in [3.63, 3.8) is 0 Å². The maximum Gasteiger partial charge on any atom is 0.328 e. The minimum atomic E-state index is -1.13. The molecule has 3 atom stereocenters. The van der Waals surface area contributed by atoms with Crippen molar-refractivity contribution in [2.24, 2.45) is 0 Å². The van der Waals surface area contributed by atoms with Crippen molar-refractivity contribution in [2.75, 3.05) is 19.7 Å². The number of piperazine rings is 1. The summed E-state index contributed by atoms with van der Waals surface area (Å²) in [6, 6.07) is -1.72. The Morgan fingerprint density at radius 3 is 2.84 bits per heavy atom. The van der Waals surface area contributed by atoms with Crippen molar-refractivity contribution in [1.29, 1.82) is 0 Å². The molecule has 106 valence electrons. The highest BCUT2D eigenvalue weighted by molar-refractivity contribution is 5.90. The van der Waals surface area contributed by atoms with Gasteiger partial charge in [0, 0.05) is 13.2 Å². The SMILES string of the molecule is CC1OCCC1NC(=O)N1CC(=O)NCC1C(=O)O. The summed E-state index contributed by atoms with van der Waals surface area (Å²) in [5, 5.41) is 14.2. The fourth-order valence-corrected chi connectivity index (χ4v) is 2.24. The normalized spacial score (nSPS) is 30.9. The number of carboxylic acid groups (broad SMARTS) is 1. The molecule has 8 heteroatoms. The lowest BCUT2D eigenvalue weighted by Crippen LogP contribution is -2.62. The van der Waals surface area contributed by atoms with E-state index in [0.29, 0.717) is 13.0 Å². The minimum absolute atomic E-state index is 0.0711. The Bertz CT molecular complexity index is 400. The largest absolute Gasteiger partial charge is 0.480 e. The lowest BCUT2D eigenvalue weighted by Gasteiger charge is -2.33. The molecular formula is C11H17N3O5. The van der Waals surface area contributed by atoms with Crippen LogP contribution in [0.2, 0.25) is 0 Å². The molecule has 2 heterocycles. The van der Waals surface area contributed by atoms with E-state index in [9.17, 15) is 14.4 Å². The van der Waals surface area contributed by atoms with E-state index in [0.717, 1.165) is 4.90 Å². The molecule has 0 aromatic heterocycles. The summed E-state index contributed by atoms with van der Waals surface area (Å²) in [7, 11) is 0. The second kappa shape index (κ2) is 5.43. The lowest BCUT2D eigenvalue weighted by atomic mass is 10.1. The van der Waals surface area contributed by atoms with Crippen LogP contribution < -0.4 is 10.6 Å². The zero-order valence-electron chi connectivity index (χ0n) is 10.6. The third kappa shape index (κ3) is 2.95. The molecule has 0 spiro atoms. The molecule has 2 saturated heterocycles. The van der Waals surface area contributed by atoms with Crippen LogP contribution in [-0.2, 0) is 14.3 Å². The number of carbonyl (C=O) groups is 3. The van der Waals surface area contributed by atoms with Gasteiger partial charge in [-0.25, -0.2) is 9.59 Å². The number of hydrogen-bond acceptors (Lipinski definition) is 4. The Morgan fingerprint density at radius 1 is 1.53 bits per heavy atom. The summed E-state index contributed by atoms with van der Waals surface area (Å²) in [6.45, 7) is 2.09. The summed E-state index contributed by atoms with van der Waals surface area (Å²) in [6.07, 6.45) is 0.580. The van der Waals surface area contributed by atoms with Crippen molar-refractivity contribution < 1.29 is 24.2 Å². The number of nitrogens with one attached hydrogen (secondary N) is 2. The van der Waals surface area contributed by atoms with Crippen LogP contribution in [0.25, 0.3) is 0 Å². The maximum absolute atomic E-state index is 12.1. The Morgan fingerprint density at radius 2 is 2.26 bits per heavy atom. The van der Waals surface area contributed by atoms with Gasteiger partial charge in [-0.1, -0.05) is 0 Å². The van der Waals surface area contributed by atoms with Crippen molar-refractivity contribution in [3.8, 4) is 0 Å². The third-order valence-electron chi connectivity index (χ3n) is 3.41. The van der Waals surface area contributed by atoms with E-state index in [2.05, 4.69) is 10.6 Å². The number of hydrogen-bond donors (Lipinski definition) is 3. The smallest absolute Gasteiger partial charge is 0.328 e. The first kappa shape index (κ1) is 13.6. The minimum Gasteiger partial charge on any atom is -0.480 e. The number of nitrogens with zero attached hydrogens (tertiary/aromatic N) is 1. The summed E-state index contributed by atoms with van der Waals surface area (Å²) in [5.74, 6) is -1.49.